The summed E-state index contributed by atoms with van der Waals surface area (Å²) in [6.45, 7) is 0.0159. The number of amides is 2. The van der Waals surface area contributed by atoms with Crippen LogP contribution in [-0.4, -0.2) is 45.7 Å². The molecular weight excluding hydrogens is 445 g/mol. The second-order valence-corrected chi connectivity index (χ2v) is 9.88. The number of sulfonamides is 1. The molecule has 2 amide bonds. The molecule has 0 aliphatic rings. The van der Waals surface area contributed by atoms with E-state index in [1.165, 1.54) is 51.5 Å². The fourth-order valence-corrected chi connectivity index (χ4v) is 4.95. The zero-order chi connectivity index (χ0) is 22.8. The number of fused-ring (bicyclic) bond motifs is 1. The zero-order valence-electron chi connectivity index (χ0n) is 16.9. The van der Waals surface area contributed by atoms with E-state index in [4.69, 9.17) is 4.74 Å². The molecule has 0 radical (unpaired) electrons. The van der Waals surface area contributed by atoms with Gasteiger partial charge in [-0.05, 0) is 30.3 Å². The summed E-state index contributed by atoms with van der Waals surface area (Å²) in [7, 11) is 0.479. The van der Waals surface area contributed by atoms with Crippen molar-refractivity contribution in [2.45, 2.75) is 11.5 Å². The van der Waals surface area contributed by atoms with Gasteiger partial charge in [0.1, 0.15) is 10.7 Å². The molecule has 3 aromatic rings. The molecule has 31 heavy (non-hydrogen) atoms. The lowest BCUT2D eigenvalue weighted by Gasteiger charge is -2.12. The van der Waals surface area contributed by atoms with Gasteiger partial charge in [-0.25, -0.2) is 17.1 Å². The van der Waals surface area contributed by atoms with Gasteiger partial charge in [0.25, 0.3) is 11.8 Å². The highest BCUT2D eigenvalue weighted by atomic mass is 32.2. The van der Waals surface area contributed by atoms with E-state index in [1.54, 1.807) is 12.1 Å². The third kappa shape index (κ3) is 4.59. The van der Waals surface area contributed by atoms with E-state index in [9.17, 15) is 22.4 Å². The first-order chi connectivity index (χ1) is 14.7. The first-order valence-corrected chi connectivity index (χ1v) is 11.2. The van der Waals surface area contributed by atoms with Gasteiger partial charge in [0.2, 0.25) is 10.0 Å². The summed E-state index contributed by atoms with van der Waals surface area (Å²) in [5, 5.41) is 0.299. The quantitative estimate of drug-likeness (QED) is 0.545. The van der Waals surface area contributed by atoms with Crippen LogP contribution in [0.25, 0.3) is 10.1 Å². The van der Waals surface area contributed by atoms with Gasteiger partial charge in [-0.1, -0.05) is 12.1 Å². The Balaban J connectivity index is 1.81. The maximum absolute atomic E-state index is 14.3. The highest BCUT2D eigenvalue weighted by molar-refractivity contribution is 7.89. The van der Waals surface area contributed by atoms with Gasteiger partial charge in [0, 0.05) is 42.4 Å². The third-order valence-electron chi connectivity index (χ3n) is 4.42. The Hall–Kier alpha value is -2.86. The maximum Gasteiger partial charge on any atom is 0.280 e. The Labute approximate surface area is 182 Å². The maximum atomic E-state index is 14.3. The van der Waals surface area contributed by atoms with E-state index >= 15 is 0 Å². The van der Waals surface area contributed by atoms with E-state index in [2.05, 4.69) is 10.9 Å². The highest BCUT2D eigenvalue weighted by Crippen LogP contribution is 2.33. The Morgan fingerprint density at radius 1 is 1.10 bits per heavy atom. The highest BCUT2D eigenvalue weighted by Gasteiger charge is 2.22. The minimum Gasteiger partial charge on any atom is -0.380 e. The number of nitrogens with one attached hydrogen (secondary N) is 2. The Morgan fingerprint density at radius 3 is 2.45 bits per heavy atom. The number of hydrazine groups is 1. The Morgan fingerprint density at radius 2 is 1.77 bits per heavy atom. The van der Waals surface area contributed by atoms with E-state index < -0.39 is 27.7 Å². The molecule has 0 bridgehead atoms. The molecule has 0 unspecified atom stereocenters. The zero-order valence-corrected chi connectivity index (χ0v) is 18.6. The summed E-state index contributed by atoms with van der Waals surface area (Å²) in [6.07, 6.45) is 0. The van der Waals surface area contributed by atoms with Crippen molar-refractivity contribution in [1.82, 2.24) is 15.2 Å². The van der Waals surface area contributed by atoms with Gasteiger partial charge < -0.3 is 4.74 Å². The Kier molecular flexibility index (Phi) is 6.70. The summed E-state index contributed by atoms with van der Waals surface area (Å²) >= 11 is 1.07. The molecule has 0 saturated heterocycles. The molecule has 8 nitrogen and oxygen atoms in total. The fourth-order valence-electron chi connectivity index (χ4n) is 2.88. The van der Waals surface area contributed by atoms with Crippen molar-refractivity contribution in [2.75, 3.05) is 21.2 Å². The molecule has 0 spiro atoms. The van der Waals surface area contributed by atoms with Gasteiger partial charge in [-0.3, -0.25) is 20.4 Å². The van der Waals surface area contributed by atoms with E-state index in [-0.39, 0.29) is 21.9 Å². The molecule has 1 heterocycles. The molecule has 11 heteroatoms. The molecule has 0 aliphatic carbocycles. The van der Waals surface area contributed by atoms with E-state index in [0.717, 1.165) is 15.6 Å². The van der Waals surface area contributed by atoms with Crippen molar-refractivity contribution >= 4 is 43.3 Å². The second-order valence-electron chi connectivity index (χ2n) is 6.68. The van der Waals surface area contributed by atoms with Crippen LogP contribution in [0.1, 0.15) is 25.6 Å². The summed E-state index contributed by atoms with van der Waals surface area (Å²) < 4.78 is 45.5. The first-order valence-electron chi connectivity index (χ1n) is 8.99. The van der Waals surface area contributed by atoms with Crippen LogP contribution in [0.5, 0.6) is 0 Å². The van der Waals surface area contributed by atoms with Crippen LogP contribution in [0, 0.1) is 5.82 Å². The van der Waals surface area contributed by atoms with Crippen molar-refractivity contribution in [3.8, 4) is 0 Å². The van der Waals surface area contributed by atoms with Crippen molar-refractivity contribution in [3.63, 3.8) is 0 Å². The van der Waals surface area contributed by atoms with Crippen LogP contribution in [0.4, 0.5) is 4.39 Å². The van der Waals surface area contributed by atoms with Crippen LogP contribution in [0.15, 0.2) is 47.4 Å². The topological polar surface area (TPSA) is 105 Å². The van der Waals surface area contributed by atoms with Crippen LogP contribution in [0.3, 0.4) is 0 Å². The number of carbonyl (C=O) groups is 2. The van der Waals surface area contributed by atoms with Gasteiger partial charge in [0.15, 0.2) is 0 Å². The number of methoxy groups -OCH3 is 1. The third-order valence-corrected chi connectivity index (χ3v) is 7.43. The average Bonchev–Trinajstić information content (AvgIpc) is 3.12. The minimum atomic E-state index is -3.72. The van der Waals surface area contributed by atoms with Crippen molar-refractivity contribution in [3.05, 3.63) is 64.3 Å². The van der Waals surface area contributed by atoms with Gasteiger partial charge >= 0.3 is 0 Å². The first kappa shape index (κ1) is 22.8. The van der Waals surface area contributed by atoms with Crippen LogP contribution >= 0.6 is 11.3 Å². The molecule has 3 rings (SSSR count). The van der Waals surface area contributed by atoms with Crippen molar-refractivity contribution in [2.24, 2.45) is 0 Å². The molecule has 1 aromatic heterocycles. The molecule has 0 fully saturated rings. The van der Waals surface area contributed by atoms with Gasteiger partial charge in [-0.2, -0.15) is 0 Å². The number of carbonyl (C=O) groups excluding carboxylic acids is 2. The van der Waals surface area contributed by atoms with Gasteiger partial charge in [0.05, 0.1) is 11.5 Å². The normalized spacial score (nSPS) is 11.6. The monoisotopic (exact) mass is 465 g/mol. The summed E-state index contributed by atoms with van der Waals surface area (Å²) in [5.41, 5.74) is 4.98. The molecule has 2 aromatic carbocycles. The van der Waals surface area contributed by atoms with Crippen LogP contribution in [0.2, 0.25) is 0 Å². The lowest BCUT2D eigenvalue weighted by Crippen LogP contribution is -2.41. The molecule has 0 atom stereocenters. The predicted octanol–water partition coefficient (Wildman–Crippen LogP) is 2.51. The molecular formula is C20H20FN3O5S2. The van der Waals surface area contributed by atoms with Crippen molar-refractivity contribution < 1.29 is 27.1 Å². The molecule has 0 aliphatic heterocycles. The standard InChI is InChI=1S/C20H20FN3O5S2/c1-24(2)31(27,28)13-7-4-6-12(10-13)19(25)22-23-20(26)18-14(11-29-3)17-15(21)8-5-9-16(17)30-18/h4-10H,11H2,1-3H3,(H,22,25)(H,23,26). The van der Waals surface area contributed by atoms with Crippen LogP contribution < -0.4 is 10.9 Å². The number of benzene rings is 2. The average molecular weight is 466 g/mol. The van der Waals surface area contributed by atoms with Gasteiger partial charge in [-0.15, -0.1) is 11.3 Å². The molecule has 164 valence electrons. The number of rotatable bonds is 6. The summed E-state index contributed by atoms with van der Waals surface area (Å²) in [4.78, 5) is 25.3. The number of thiophene rings is 1. The Bertz CT molecular complexity index is 1250. The van der Waals surface area contributed by atoms with E-state index in [1.807, 2.05) is 0 Å². The number of halogens is 1. The smallest absolute Gasteiger partial charge is 0.280 e. The largest absolute Gasteiger partial charge is 0.380 e. The number of ether oxygens (including phenoxy) is 1. The SMILES string of the molecule is COCc1c(C(=O)NNC(=O)c2cccc(S(=O)(=O)N(C)C)c2)sc2cccc(F)c12. The summed E-state index contributed by atoms with van der Waals surface area (Å²) in [5.74, 6) is -1.81. The number of hydrogen-bond donors (Lipinski definition) is 2. The van der Waals surface area contributed by atoms with Crippen molar-refractivity contribution in [1.29, 1.82) is 0 Å². The number of hydrogen-bond acceptors (Lipinski definition) is 6. The number of nitrogens with zero attached hydrogens (tertiary/aromatic N) is 1. The van der Waals surface area contributed by atoms with Crippen LogP contribution in [-0.2, 0) is 21.4 Å². The lowest BCUT2D eigenvalue weighted by molar-refractivity contribution is 0.0846. The minimum absolute atomic E-state index is 0.0159. The fraction of sp³-hybridized carbons (Fsp3) is 0.200. The summed E-state index contributed by atoms with van der Waals surface area (Å²) in [6, 6.07) is 9.96. The molecule has 0 saturated carbocycles. The van der Waals surface area contributed by atoms with E-state index in [0.29, 0.717) is 15.6 Å². The lowest BCUT2D eigenvalue weighted by atomic mass is 10.1. The molecule has 2 N–H and O–H groups in total. The second kappa shape index (κ2) is 9.10. The predicted molar refractivity (Wildman–Crippen MR) is 115 cm³/mol.